The summed E-state index contributed by atoms with van der Waals surface area (Å²) in [6.45, 7) is 0. The highest BCUT2D eigenvalue weighted by Crippen LogP contribution is 2.55. The Morgan fingerprint density at radius 3 is 2.28 bits per heavy atom. The van der Waals surface area contributed by atoms with E-state index in [4.69, 9.17) is 14.6 Å². The number of hydrogen-bond donors (Lipinski definition) is 1. The molecule has 0 radical (unpaired) electrons. The molecule has 1 aromatic heterocycles. The van der Waals surface area contributed by atoms with Crippen LogP contribution in [0.1, 0.15) is 44.1 Å². The predicted octanol–water partition coefficient (Wildman–Crippen LogP) is 5.65. The summed E-state index contributed by atoms with van der Waals surface area (Å²) in [6.07, 6.45) is 13.0. The average Bonchev–Trinajstić information content (AvgIpc) is 3.31. The molecule has 4 saturated carbocycles. The molecule has 2 aromatic carbocycles. The Bertz CT molecular complexity index is 1260. The van der Waals surface area contributed by atoms with Gasteiger partial charge in [0.05, 0.1) is 19.9 Å². The molecule has 4 aliphatic rings. The quantitative estimate of drug-likeness (QED) is 0.441. The van der Waals surface area contributed by atoms with Gasteiger partial charge in [0.1, 0.15) is 5.69 Å². The van der Waals surface area contributed by atoms with Gasteiger partial charge in [0.25, 0.3) is 0 Å². The predicted molar refractivity (Wildman–Crippen MR) is 140 cm³/mol. The molecule has 0 unspecified atom stereocenters. The number of carbonyl (C=O) groups excluding carboxylic acids is 1. The van der Waals surface area contributed by atoms with Crippen molar-refractivity contribution in [2.45, 2.75) is 44.1 Å². The molecule has 36 heavy (non-hydrogen) atoms. The molecule has 7 rings (SSSR count). The van der Waals surface area contributed by atoms with E-state index < -0.39 is 0 Å². The normalized spacial score (nSPS) is 26.3. The monoisotopic (exact) mass is 483 g/mol. The number of nitrogens with one attached hydrogen (secondary N) is 1. The summed E-state index contributed by atoms with van der Waals surface area (Å²) in [6, 6.07) is 15.7. The fourth-order valence-corrected chi connectivity index (χ4v) is 7.16. The molecule has 4 aliphatic carbocycles. The molecule has 0 aliphatic heterocycles. The molecule has 6 heteroatoms. The number of para-hydroxylation sites is 1. The molecule has 1 N–H and O–H groups in total. The molecule has 0 saturated heterocycles. The van der Waals surface area contributed by atoms with Crippen molar-refractivity contribution in [2.75, 3.05) is 14.2 Å². The van der Waals surface area contributed by atoms with Gasteiger partial charge in [-0.1, -0.05) is 18.2 Å². The van der Waals surface area contributed by atoms with Crippen LogP contribution < -0.4 is 14.8 Å². The molecule has 186 valence electrons. The standard InChI is InChI=1S/C30H33N3O3/c1-35-26-10-8-23(15-27(26)36-2)29-24(19-33(32-29)25-6-4-3-5-7-25)9-11-28(34)31-30-16-20-12-21(17-30)14-22(13-20)18-30/h3-11,15,19-22H,12-14,16-18H2,1-2H3,(H,31,34)/b11-9+. The molecule has 4 fully saturated rings. The Labute approximate surface area is 212 Å². The van der Waals surface area contributed by atoms with Crippen molar-refractivity contribution in [3.05, 3.63) is 66.4 Å². The van der Waals surface area contributed by atoms with Crippen LogP contribution in [0.3, 0.4) is 0 Å². The maximum atomic E-state index is 13.1. The largest absolute Gasteiger partial charge is 0.493 e. The minimum atomic E-state index is -0.0114. The van der Waals surface area contributed by atoms with Crippen LogP contribution in [-0.4, -0.2) is 35.4 Å². The Hall–Kier alpha value is -3.54. The minimum absolute atomic E-state index is 0.00340. The summed E-state index contributed by atoms with van der Waals surface area (Å²) in [5.41, 5.74) is 3.49. The SMILES string of the molecule is COc1ccc(-c2nn(-c3ccccc3)cc2/C=C/C(=O)NC23CC4CC(CC(C4)C2)C3)cc1OC. The number of benzene rings is 2. The lowest BCUT2D eigenvalue weighted by molar-refractivity contribution is -0.122. The Balaban J connectivity index is 1.30. The second-order valence-electron chi connectivity index (χ2n) is 10.8. The Morgan fingerprint density at radius 1 is 0.972 bits per heavy atom. The molecule has 4 bridgehead atoms. The van der Waals surface area contributed by atoms with Gasteiger partial charge in [0, 0.05) is 28.9 Å². The van der Waals surface area contributed by atoms with Gasteiger partial charge in [0.2, 0.25) is 5.91 Å². The second kappa shape index (κ2) is 9.16. The van der Waals surface area contributed by atoms with Crippen molar-refractivity contribution in [3.8, 4) is 28.4 Å². The van der Waals surface area contributed by atoms with E-state index in [1.54, 1.807) is 20.3 Å². The Morgan fingerprint density at radius 2 is 1.64 bits per heavy atom. The van der Waals surface area contributed by atoms with E-state index in [1.165, 1.54) is 19.3 Å². The van der Waals surface area contributed by atoms with E-state index >= 15 is 0 Å². The summed E-state index contributed by atoms with van der Waals surface area (Å²) >= 11 is 0. The van der Waals surface area contributed by atoms with Crippen molar-refractivity contribution in [2.24, 2.45) is 17.8 Å². The van der Waals surface area contributed by atoms with Gasteiger partial charge in [-0.25, -0.2) is 4.68 Å². The first kappa shape index (κ1) is 22.9. The number of aromatic nitrogens is 2. The highest BCUT2D eigenvalue weighted by Gasteiger charge is 2.51. The lowest BCUT2D eigenvalue weighted by atomic mass is 9.53. The van der Waals surface area contributed by atoms with Crippen LogP contribution in [0.25, 0.3) is 23.0 Å². The van der Waals surface area contributed by atoms with Crippen molar-refractivity contribution in [3.63, 3.8) is 0 Å². The molecule has 3 aromatic rings. The molecule has 1 heterocycles. The Kier molecular flexibility index (Phi) is 5.82. The van der Waals surface area contributed by atoms with Gasteiger partial charge in [-0.3, -0.25) is 4.79 Å². The van der Waals surface area contributed by atoms with E-state index in [2.05, 4.69) is 5.32 Å². The van der Waals surface area contributed by atoms with Gasteiger partial charge < -0.3 is 14.8 Å². The highest BCUT2D eigenvalue weighted by molar-refractivity contribution is 5.93. The molecule has 0 spiro atoms. The van der Waals surface area contributed by atoms with Gasteiger partial charge >= 0.3 is 0 Å². The van der Waals surface area contributed by atoms with Crippen molar-refractivity contribution in [1.82, 2.24) is 15.1 Å². The van der Waals surface area contributed by atoms with E-state index in [0.29, 0.717) is 11.5 Å². The third kappa shape index (κ3) is 4.29. The average molecular weight is 484 g/mol. The third-order valence-electron chi connectivity index (χ3n) is 8.26. The van der Waals surface area contributed by atoms with Crippen LogP contribution in [0.2, 0.25) is 0 Å². The number of rotatable bonds is 7. The van der Waals surface area contributed by atoms with Crippen LogP contribution in [0.5, 0.6) is 11.5 Å². The second-order valence-corrected chi connectivity index (χ2v) is 10.8. The number of carbonyl (C=O) groups is 1. The highest BCUT2D eigenvalue weighted by atomic mass is 16.5. The fourth-order valence-electron chi connectivity index (χ4n) is 7.16. The van der Waals surface area contributed by atoms with Crippen molar-refractivity contribution >= 4 is 12.0 Å². The third-order valence-corrected chi connectivity index (χ3v) is 8.26. The van der Waals surface area contributed by atoms with Gasteiger partial charge in [0.15, 0.2) is 11.5 Å². The number of amides is 1. The lowest BCUT2D eigenvalue weighted by Gasteiger charge is -2.56. The van der Waals surface area contributed by atoms with Crippen LogP contribution in [0.4, 0.5) is 0 Å². The van der Waals surface area contributed by atoms with Gasteiger partial charge in [-0.2, -0.15) is 5.10 Å². The maximum absolute atomic E-state index is 13.1. The van der Waals surface area contributed by atoms with Crippen LogP contribution in [0, 0.1) is 17.8 Å². The van der Waals surface area contributed by atoms with Crippen LogP contribution in [0.15, 0.2) is 60.8 Å². The summed E-state index contributed by atoms with van der Waals surface area (Å²) in [5.74, 6) is 3.67. The number of hydrogen-bond acceptors (Lipinski definition) is 4. The lowest BCUT2D eigenvalue weighted by Crippen LogP contribution is -2.59. The number of methoxy groups -OCH3 is 2. The first-order valence-electron chi connectivity index (χ1n) is 12.9. The van der Waals surface area contributed by atoms with E-state index in [9.17, 15) is 4.79 Å². The summed E-state index contributed by atoms with van der Waals surface area (Å²) in [7, 11) is 3.25. The smallest absolute Gasteiger partial charge is 0.244 e. The van der Waals surface area contributed by atoms with Gasteiger partial charge in [-0.15, -0.1) is 0 Å². The van der Waals surface area contributed by atoms with Crippen LogP contribution >= 0.6 is 0 Å². The van der Waals surface area contributed by atoms with Crippen molar-refractivity contribution in [1.29, 1.82) is 0 Å². The molecular weight excluding hydrogens is 450 g/mol. The van der Waals surface area contributed by atoms with E-state index in [1.807, 2.05) is 65.5 Å². The fraction of sp³-hybridized carbons (Fsp3) is 0.400. The first-order chi connectivity index (χ1) is 17.5. The number of nitrogens with zero attached hydrogens (tertiary/aromatic N) is 2. The molecule has 0 atom stereocenters. The summed E-state index contributed by atoms with van der Waals surface area (Å²) < 4.78 is 12.8. The zero-order chi connectivity index (χ0) is 24.7. The van der Waals surface area contributed by atoms with E-state index in [-0.39, 0.29) is 11.4 Å². The minimum Gasteiger partial charge on any atom is -0.493 e. The molecule has 1 amide bonds. The first-order valence-corrected chi connectivity index (χ1v) is 12.9. The topological polar surface area (TPSA) is 65.4 Å². The van der Waals surface area contributed by atoms with Gasteiger partial charge in [-0.05, 0) is 92.7 Å². The molecular formula is C30H33N3O3. The zero-order valence-electron chi connectivity index (χ0n) is 20.9. The van der Waals surface area contributed by atoms with Crippen molar-refractivity contribution < 1.29 is 14.3 Å². The van der Waals surface area contributed by atoms with Crippen LogP contribution in [-0.2, 0) is 4.79 Å². The summed E-state index contributed by atoms with van der Waals surface area (Å²) in [5, 5.41) is 8.31. The molecule has 6 nitrogen and oxygen atoms in total. The van der Waals surface area contributed by atoms with E-state index in [0.717, 1.165) is 59.5 Å². The number of ether oxygens (including phenoxy) is 2. The maximum Gasteiger partial charge on any atom is 0.244 e. The summed E-state index contributed by atoms with van der Waals surface area (Å²) in [4.78, 5) is 13.1. The zero-order valence-corrected chi connectivity index (χ0v) is 20.9.